The lowest BCUT2D eigenvalue weighted by molar-refractivity contribution is -0.229. The lowest BCUT2D eigenvalue weighted by Crippen LogP contribution is -2.38. The Morgan fingerprint density at radius 2 is 1.92 bits per heavy atom. The highest BCUT2D eigenvalue weighted by Crippen LogP contribution is 2.23. The van der Waals surface area contributed by atoms with Crippen LogP contribution in [0.25, 0.3) is 0 Å². The molecule has 2 atom stereocenters. The van der Waals surface area contributed by atoms with Gasteiger partial charge in [0.1, 0.15) is 0 Å². The first kappa shape index (κ1) is 12.7. The Kier molecular flexibility index (Phi) is 5.27. The highest BCUT2D eigenvalue weighted by atomic mass is 19.4. The van der Waals surface area contributed by atoms with Crippen LogP contribution in [0.5, 0.6) is 0 Å². The predicted octanol–water partition coefficient (Wildman–Crippen LogP) is 0.927. The predicted molar refractivity (Wildman–Crippen MR) is 41.3 cm³/mol. The zero-order valence-electron chi connectivity index (χ0n) is 7.60. The van der Waals surface area contributed by atoms with Crippen LogP contribution in [-0.2, 0) is 9.47 Å². The number of methoxy groups -OCH3 is 1. The van der Waals surface area contributed by atoms with Crippen molar-refractivity contribution in [2.24, 2.45) is 5.73 Å². The molecule has 2 unspecified atom stereocenters. The first-order chi connectivity index (χ1) is 5.91. The smallest absolute Gasteiger partial charge is 0.382 e. The number of ether oxygens (including phenoxy) is 2. The number of halogens is 3. The van der Waals surface area contributed by atoms with E-state index in [0.717, 1.165) is 6.92 Å². The maximum Gasteiger partial charge on any atom is 0.414 e. The van der Waals surface area contributed by atoms with Crippen molar-refractivity contribution in [2.75, 3.05) is 20.3 Å². The zero-order chi connectivity index (χ0) is 10.5. The fraction of sp³-hybridized carbons (Fsp3) is 1.00. The van der Waals surface area contributed by atoms with Gasteiger partial charge in [0.05, 0.1) is 12.7 Å². The molecule has 0 bridgehead atoms. The molecule has 0 rings (SSSR count). The SMILES string of the molecule is COCC(CN)OC(C)C(F)(F)F. The van der Waals surface area contributed by atoms with E-state index in [1.807, 2.05) is 0 Å². The van der Waals surface area contributed by atoms with Gasteiger partial charge < -0.3 is 15.2 Å². The van der Waals surface area contributed by atoms with Gasteiger partial charge in [-0.25, -0.2) is 0 Å². The second kappa shape index (κ2) is 5.41. The van der Waals surface area contributed by atoms with E-state index in [1.54, 1.807) is 0 Å². The summed E-state index contributed by atoms with van der Waals surface area (Å²) in [5, 5.41) is 0. The summed E-state index contributed by atoms with van der Waals surface area (Å²) >= 11 is 0. The molecule has 0 aliphatic heterocycles. The first-order valence-electron chi connectivity index (χ1n) is 3.83. The summed E-state index contributed by atoms with van der Waals surface area (Å²) in [6, 6.07) is 0. The lowest BCUT2D eigenvalue weighted by Gasteiger charge is -2.22. The average Bonchev–Trinajstić information content (AvgIpc) is 2.01. The van der Waals surface area contributed by atoms with Crippen LogP contribution in [0.15, 0.2) is 0 Å². The van der Waals surface area contributed by atoms with Crippen molar-refractivity contribution in [3.63, 3.8) is 0 Å². The summed E-state index contributed by atoms with van der Waals surface area (Å²) in [6.07, 6.45) is -6.86. The Bertz CT molecular complexity index is 140. The van der Waals surface area contributed by atoms with Crippen LogP contribution >= 0.6 is 0 Å². The van der Waals surface area contributed by atoms with Crippen LogP contribution in [0.4, 0.5) is 13.2 Å². The standard InChI is InChI=1S/C7H14F3NO2/c1-5(7(8,9)10)13-6(3-11)4-12-2/h5-6H,3-4,11H2,1-2H3. The molecule has 0 fully saturated rings. The molecule has 0 aliphatic carbocycles. The maximum absolute atomic E-state index is 12.0. The number of alkyl halides is 3. The molecule has 0 saturated heterocycles. The zero-order valence-corrected chi connectivity index (χ0v) is 7.60. The lowest BCUT2D eigenvalue weighted by atomic mass is 10.3. The topological polar surface area (TPSA) is 44.5 Å². The van der Waals surface area contributed by atoms with E-state index >= 15 is 0 Å². The molecule has 6 heteroatoms. The molecule has 0 saturated carbocycles. The average molecular weight is 201 g/mol. The van der Waals surface area contributed by atoms with Crippen molar-refractivity contribution in [1.29, 1.82) is 0 Å². The largest absolute Gasteiger partial charge is 0.414 e. The van der Waals surface area contributed by atoms with Crippen molar-refractivity contribution in [1.82, 2.24) is 0 Å². The minimum absolute atomic E-state index is 0.00819. The van der Waals surface area contributed by atoms with E-state index in [9.17, 15) is 13.2 Å². The highest BCUT2D eigenvalue weighted by Gasteiger charge is 2.38. The minimum atomic E-state index is -4.35. The van der Waals surface area contributed by atoms with E-state index in [4.69, 9.17) is 5.73 Å². The molecule has 0 spiro atoms. The van der Waals surface area contributed by atoms with Crippen LogP contribution in [0.3, 0.4) is 0 Å². The molecular formula is C7H14F3NO2. The number of hydrogen-bond acceptors (Lipinski definition) is 3. The third kappa shape index (κ3) is 5.07. The Morgan fingerprint density at radius 3 is 2.23 bits per heavy atom. The van der Waals surface area contributed by atoms with Gasteiger partial charge in [0.15, 0.2) is 6.10 Å². The molecule has 2 N–H and O–H groups in total. The molecule has 0 aromatic carbocycles. The molecule has 13 heavy (non-hydrogen) atoms. The van der Waals surface area contributed by atoms with Crippen molar-refractivity contribution in [3.8, 4) is 0 Å². The Labute approximate surface area is 75.0 Å². The maximum atomic E-state index is 12.0. The quantitative estimate of drug-likeness (QED) is 0.719. The fourth-order valence-electron chi connectivity index (χ4n) is 0.715. The van der Waals surface area contributed by atoms with Crippen LogP contribution in [-0.4, -0.2) is 38.6 Å². The molecule has 0 heterocycles. The van der Waals surface area contributed by atoms with Gasteiger partial charge in [-0.05, 0) is 6.92 Å². The fourth-order valence-corrected chi connectivity index (χ4v) is 0.715. The summed E-state index contributed by atoms with van der Waals surface area (Å²) < 4.78 is 45.2. The van der Waals surface area contributed by atoms with Crippen LogP contribution < -0.4 is 5.73 Å². The first-order valence-corrected chi connectivity index (χ1v) is 3.83. The van der Waals surface area contributed by atoms with Gasteiger partial charge in [-0.15, -0.1) is 0 Å². The van der Waals surface area contributed by atoms with Crippen molar-refractivity contribution in [2.45, 2.75) is 25.3 Å². The van der Waals surface area contributed by atoms with Crippen molar-refractivity contribution < 1.29 is 22.6 Å². The van der Waals surface area contributed by atoms with Gasteiger partial charge in [0.25, 0.3) is 0 Å². The van der Waals surface area contributed by atoms with Crippen LogP contribution in [0.1, 0.15) is 6.92 Å². The Morgan fingerprint density at radius 1 is 1.38 bits per heavy atom. The van der Waals surface area contributed by atoms with Gasteiger partial charge in [-0.2, -0.15) is 13.2 Å². The van der Waals surface area contributed by atoms with Gasteiger partial charge in [-0.3, -0.25) is 0 Å². The molecule has 0 aromatic heterocycles. The van der Waals surface area contributed by atoms with E-state index < -0.39 is 18.4 Å². The van der Waals surface area contributed by atoms with Gasteiger partial charge >= 0.3 is 6.18 Å². The summed E-state index contributed by atoms with van der Waals surface area (Å²) in [4.78, 5) is 0. The van der Waals surface area contributed by atoms with Gasteiger partial charge in [0, 0.05) is 13.7 Å². The second-order valence-electron chi connectivity index (χ2n) is 2.63. The summed E-state index contributed by atoms with van der Waals surface area (Å²) in [6.45, 7) is 1.02. The molecule has 0 radical (unpaired) electrons. The number of hydrogen-bond donors (Lipinski definition) is 1. The molecule has 3 nitrogen and oxygen atoms in total. The van der Waals surface area contributed by atoms with E-state index in [-0.39, 0.29) is 13.2 Å². The summed E-state index contributed by atoms with van der Waals surface area (Å²) in [7, 11) is 1.38. The number of nitrogens with two attached hydrogens (primary N) is 1. The number of rotatable bonds is 5. The van der Waals surface area contributed by atoms with Crippen molar-refractivity contribution in [3.05, 3.63) is 0 Å². The Balaban J connectivity index is 3.93. The van der Waals surface area contributed by atoms with Crippen LogP contribution in [0, 0.1) is 0 Å². The second-order valence-corrected chi connectivity index (χ2v) is 2.63. The van der Waals surface area contributed by atoms with E-state index in [0.29, 0.717) is 0 Å². The van der Waals surface area contributed by atoms with Crippen molar-refractivity contribution >= 4 is 0 Å². The molecule has 0 amide bonds. The molecule has 0 aliphatic rings. The van der Waals surface area contributed by atoms with Crippen LogP contribution in [0.2, 0.25) is 0 Å². The third-order valence-corrected chi connectivity index (χ3v) is 1.47. The molecule has 80 valence electrons. The minimum Gasteiger partial charge on any atom is -0.382 e. The molecular weight excluding hydrogens is 187 g/mol. The summed E-state index contributed by atoms with van der Waals surface area (Å²) in [5.41, 5.74) is 5.18. The van der Waals surface area contributed by atoms with E-state index in [1.165, 1.54) is 7.11 Å². The summed E-state index contributed by atoms with van der Waals surface area (Å²) in [5.74, 6) is 0. The highest BCUT2D eigenvalue weighted by molar-refractivity contribution is 4.66. The normalized spacial score (nSPS) is 17.1. The third-order valence-electron chi connectivity index (χ3n) is 1.47. The van der Waals surface area contributed by atoms with Gasteiger partial charge in [-0.1, -0.05) is 0 Å². The van der Waals surface area contributed by atoms with Gasteiger partial charge in [0.2, 0.25) is 0 Å². The monoisotopic (exact) mass is 201 g/mol. The molecule has 0 aromatic rings. The van der Waals surface area contributed by atoms with E-state index in [2.05, 4.69) is 9.47 Å². The Hall–Kier alpha value is -0.330.